The summed E-state index contributed by atoms with van der Waals surface area (Å²) in [4.78, 5) is 0. The second-order valence-corrected chi connectivity index (χ2v) is 5.94. The molecule has 0 radical (unpaired) electrons. The Morgan fingerprint density at radius 2 is 2.00 bits per heavy atom. The second-order valence-electron chi connectivity index (χ2n) is 5.03. The van der Waals surface area contributed by atoms with Crippen LogP contribution in [0.1, 0.15) is 32.6 Å². The lowest BCUT2D eigenvalue weighted by atomic mass is 9.82. The van der Waals surface area contributed by atoms with Crippen molar-refractivity contribution in [3.05, 3.63) is 28.7 Å². The maximum Gasteiger partial charge on any atom is 0.0341 e. The third-order valence-corrected chi connectivity index (χ3v) is 4.01. The van der Waals surface area contributed by atoms with Gasteiger partial charge in [0.1, 0.15) is 0 Å². The van der Waals surface area contributed by atoms with E-state index in [0.29, 0.717) is 0 Å². The summed E-state index contributed by atoms with van der Waals surface area (Å²) in [6.07, 6.45) is 5.63. The standard InChI is InChI=1S/C14H20BrN/c1-11-3-2-4-12(9-11)10-16-14-7-5-13(15)6-8-14/h5-8,11-12,16H,2-4,9-10H2,1H3. The van der Waals surface area contributed by atoms with Crippen molar-refractivity contribution in [2.45, 2.75) is 32.6 Å². The number of halogens is 1. The summed E-state index contributed by atoms with van der Waals surface area (Å²) in [5.41, 5.74) is 1.24. The molecule has 88 valence electrons. The van der Waals surface area contributed by atoms with Crippen LogP contribution in [0.2, 0.25) is 0 Å². The summed E-state index contributed by atoms with van der Waals surface area (Å²) in [6, 6.07) is 8.45. The van der Waals surface area contributed by atoms with E-state index in [1.807, 2.05) is 0 Å². The van der Waals surface area contributed by atoms with Gasteiger partial charge in [0.15, 0.2) is 0 Å². The molecule has 1 aliphatic carbocycles. The van der Waals surface area contributed by atoms with E-state index in [9.17, 15) is 0 Å². The third-order valence-electron chi connectivity index (χ3n) is 3.48. The van der Waals surface area contributed by atoms with Gasteiger partial charge >= 0.3 is 0 Å². The third kappa shape index (κ3) is 3.51. The average molecular weight is 282 g/mol. The summed E-state index contributed by atoms with van der Waals surface area (Å²) in [7, 11) is 0. The van der Waals surface area contributed by atoms with E-state index in [0.717, 1.165) is 22.9 Å². The SMILES string of the molecule is CC1CCCC(CNc2ccc(Br)cc2)C1. The molecule has 0 heterocycles. The van der Waals surface area contributed by atoms with Gasteiger partial charge in [-0.15, -0.1) is 0 Å². The molecule has 16 heavy (non-hydrogen) atoms. The van der Waals surface area contributed by atoms with Crippen LogP contribution >= 0.6 is 15.9 Å². The Balaban J connectivity index is 1.80. The highest BCUT2D eigenvalue weighted by Crippen LogP contribution is 2.28. The molecule has 1 aliphatic rings. The molecule has 1 aromatic carbocycles. The Morgan fingerprint density at radius 3 is 2.69 bits per heavy atom. The molecule has 0 spiro atoms. The van der Waals surface area contributed by atoms with Crippen LogP contribution in [-0.2, 0) is 0 Å². The molecule has 0 bridgehead atoms. The van der Waals surface area contributed by atoms with Crippen LogP contribution in [0.25, 0.3) is 0 Å². The first-order valence-electron chi connectivity index (χ1n) is 6.23. The maximum atomic E-state index is 3.54. The Kier molecular flexibility index (Phi) is 4.28. The molecule has 1 nitrogen and oxygen atoms in total. The molecule has 0 amide bonds. The molecular weight excluding hydrogens is 262 g/mol. The molecular formula is C14H20BrN. The molecule has 0 saturated heterocycles. The predicted molar refractivity (Wildman–Crippen MR) is 73.8 cm³/mol. The van der Waals surface area contributed by atoms with E-state index < -0.39 is 0 Å². The van der Waals surface area contributed by atoms with Gasteiger partial charge in [0.2, 0.25) is 0 Å². The van der Waals surface area contributed by atoms with Crippen LogP contribution < -0.4 is 5.32 Å². The fourth-order valence-corrected chi connectivity index (χ4v) is 2.84. The number of anilines is 1. The topological polar surface area (TPSA) is 12.0 Å². The highest BCUT2D eigenvalue weighted by Gasteiger charge is 2.18. The van der Waals surface area contributed by atoms with Crippen molar-refractivity contribution in [3.8, 4) is 0 Å². The summed E-state index contributed by atoms with van der Waals surface area (Å²) in [5, 5.41) is 3.54. The van der Waals surface area contributed by atoms with Gasteiger partial charge in [-0.05, 0) is 48.9 Å². The molecule has 2 heteroatoms. The molecule has 0 aromatic heterocycles. The highest BCUT2D eigenvalue weighted by atomic mass is 79.9. The lowest BCUT2D eigenvalue weighted by molar-refractivity contribution is 0.293. The van der Waals surface area contributed by atoms with Crippen molar-refractivity contribution in [2.75, 3.05) is 11.9 Å². The van der Waals surface area contributed by atoms with Gasteiger partial charge in [-0.1, -0.05) is 35.7 Å². The largest absolute Gasteiger partial charge is 0.385 e. The van der Waals surface area contributed by atoms with E-state index in [-0.39, 0.29) is 0 Å². The van der Waals surface area contributed by atoms with Crippen LogP contribution in [0, 0.1) is 11.8 Å². The number of benzene rings is 1. The molecule has 2 unspecified atom stereocenters. The number of hydrogen-bond donors (Lipinski definition) is 1. The normalized spacial score (nSPS) is 25.4. The van der Waals surface area contributed by atoms with Crippen molar-refractivity contribution < 1.29 is 0 Å². The van der Waals surface area contributed by atoms with Gasteiger partial charge in [-0.2, -0.15) is 0 Å². The fraction of sp³-hybridized carbons (Fsp3) is 0.571. The van der Waals surface area contributed by atoms with Gasteiger partial charge in [0.25, 0.3) is 0 Å². The molecule has 2 rings (SSSR count). The number of nitrogens with one attached hydrogen (secondary N) is 1. The maximum absolute atomic E-state index is 3.54. The number of hydrogen-bond acceptors (Lipinski definition) is 1. The lowest BCUT2D eigenvalue weighted by Crippen LogP contribution is -2.20. The summed E-state index contributed by atoms with van der Waals surface area (Å²) in [5.74, 6) is 1.79. The quantitative estimate of drug-likeness (QED) is 0.848. The van der Waals surface area contributed by atoms with Crippen LogP contribution in [-0.4, -0.2) is 6.54 Å². The Morgan fingerprint density at radius 1 is 1.25 bits per heavy atom. The van der Waals surface area contributed by atoms with E-state index in [1.54, 1.807) is 0 Å². The first-order chi connectivity index (χ1) is 7.74. The predicted octanol–water partition coefficient (Wildman–Crippen LogP) is 4.69. The van der Waals surface area contributed by atoms with E-state index >= 15 is 0 Å². The molecule has 1 aromatic rings. The van der Waals surface area contributed by atoms with Crippen molar-refractivity contribution >= 4 is 21.6 Å². The Bertz CT molecular complexity index is 320. The lowest BCUT2D eigenvalue weighted by Gasteiger charge is -2.27. The van der Waals surface area contributed by atoms with Crippen LogP contribution in [0.15, 0.2) is 28.7 Å². The average Bonchev–Trinajstić information content (AvgIpc) is 2.28. The van der Waals surface area contributed by atoms with Crippen LogP contribution in [0.3, 0.4) is 0 Å². The summed E-state index contributed by atoms with van der Waals surface area (Å²) < 4.78 is 1.14. The zero-order valence-corrected chi connectivity index (χ0v) is 11.5. The van der Waals surface area contributed by atoms with Crippen molar-refractivity contribution in [1.29, 1.82) is 0 Å². The molecule has 1 fully saturated rings. The zero-order valence-electron chi connectivity index (χ0n) is 9.88. The van der Waals surface area contributed by atoms with E-state index in [1.165, 1.54) is 31.4 Å². The smallest absolute Gasteiger partial charge is 0.0341 e. The van der Waals surface area contributed by atoms with E-state index in [2.05, 4.69) is 52.4 Å². The highest BCUT2D eigenvalue weighted by molar-refractivity contribution is 9.10. The Labute approximate surface area is 107 Å². The molecule has 0 aliphatic heterocycles. The van der Waals surface area contributed by atoms with Crippen molar-refractivity contribution in [2.24, 2.45) is 11.8 Å². The summed E-state index contributed by atoms with van der Waals surface area (Å²) in [6.45, 7) is 3.51. The van der Waals surface area contributed by atoms with Gasteiger partial charge in [0, 0.05) is 16.7 Å². The minimum Gasteiger partial charge on any atom is -0.385 e. The first-order valence-corrected chi connectivity index (χ1v) is 7.03. The Hall–Kier alpha value is -0.500. The zero-order chi connectivity index (χ0) is 11.4. The second kappa shape index (κ2) is 5.72. The van der Waals surface area contributed by atoms with Crippen molar-refractivity contribution in [1.82, 2.24) is 0 Å². The van der Waals surface area contributed by atoms with Gasteiger partial charge < -0.3 is 5.32 Å². The van der Waals surface area contributed by atoms with E-state index in [4.69, 9.17) is 0 Å². The monoisotopic (exact) mass is 281 g/mol. The minimum atomic E-state index is 0.868. The van der Waals surface area contributed by atoms with Crippen LogP contribution in [0.4, 0.5) is 5.69 Å². The van der Waals surface area contributed by atoms with Gasteiger partial charge in [0.05, 0.1) is 0 Å². The minimum absolute atomic E-state index is 0.868. The number of rotatable bonds is 3. The van der Waals surface area contributed by atoms with Gasteiger partial charge in [-0.3, -0.25) is 0 Å². The van der Waals surface area contributed by atoms with Crippen molar-refractivity contribution in [3.63, 3.8) is 0 Å². The summed E-state index contributed by atoms with van der Waals surface area (Å²) >= 11 is 3.45. The molecule has 1 N–H and O–H groups in total. The van der Waals surface area contributed by atoms with Gasteiger partial charge in [-0.25, -0.2) is 0 Å². The first kappa shape index (κ1) is 12.0. The molecule has 2 atom stereocenters. The molecule has 1 saturated carbocycles. The van der Waals surface area contributed by atoms with Crippen LogP contribution in [0.5, 0.6) is 0 Å². The fourth-order valence-electron chi connectivity index (χ4n) is 2.58.